The van der Waals surface area contributed by atoms with E-state index in [0.29, 0.717) is 5.69 Å². The highest BCUT2D eigenvalue weighted by molar-refractivity contribution is 7.91. The van der Waals surface area contributed by atoms with Crippen molar-refractivity contribution in [2.24, 2.45) is 0 Å². The van der Waals surface area contributed by atoms with Crippen LogP contribution in [0.1, 0.15) is 37.7 Å². The lowest BCUT2D eigenvalue weighted by Crippen LogP contribution is -2.12. The Morgan fingerprint density at radius 1 is 1.06 bits per heavy atom. The summed E-state index contributed by atoms with van der Waals surface area (Å²) in [5, 5.41) is 10.6. The van der Waals surface area contributed by atoms with Gasteiger partial charge in [0, 0.05) is 5.69 Å². The maximum absolute atomic E-state index is 12.6. The Morgan fingerprint density at radius 2 is 1.72 bits per heavy atom. The van der Waals surface area contributed by atoms with Crippen molar-refractivity contribution in [2.45, 2.75) is 30.6 Å². The average Bonchev–Trinajstić information content (AvgIpc) is 3.27. The number of nitrogens with one attached hydrogen (secondary N) is 1. The van der Waals surface area contributed by atoms with Crippen molar-refractivity contribution in [3.8, 4) is 0 Å². The van der Waals surface area contributed by atoms with Crippen LogP contribution in [0.25, 0.3) is 0 Å². The number of rotatable bonds is 8. The van der Waals surface area contributed by atoms with E-state index in [4.69, 9.17) is 4.74 Å². The quantitative estimate of drug-likeness (QED) is 0.488. The monoisotopic (exact) mass is 481 g/mol. The van der Waals surface area contributed by atoms with Crippen LogP contribution >= 0.6 is 11.3 Å². The summed E-state index contributed by atoms with van der Waals surface area (Å²) in [6.07, 6.45) is 0.881. The van der Waals surface area contributed by atoms with Crippen LogP contribution in [0.4, 0.5) is 14.5 Å². The van der Waals surface area contributed by atoms with Crippen LogP contribution in [0.5, 0.6) is 0 Å². The molecule has 0 saturated heterocycles. The number of carbonyl (C=O) groups excluding carboxylic acids is 2. The van der Waals surface area contributed by atoms with Crippen LogP contribution in [0, 0.1) is 0 Å². The minimum absolute atomic E-state index is 0.0313. The number of benzene rings is 2. The van der Waals surface area contributed by atoms with Gasteiger partial charge in [-0.2, -0.15) is 8.78 Å². The van der Waals surface area contributed by atoms with Crippen molar-refractivity contribution in [2.75, 3.05) is 5.32 Å². The van der Waals surface area contributed by atoms with Gasteiger partial charge in [-0.15, -0.1) is 10.2 Å². The molecule has 3 rings (SSSR count). The van der Waals surface area contributed by atoms with Crippen molar-refractivity contribution in [1.82, 2.24) is 10.2 Å². The summed E-state index contributed by atoms with van der Waals surface area (Å²) in [7, 11) is -4.75. The zero-order valence-electron chi connectivity index (χ0n) is 16.6. The second-order valence-corrected chi connectivity index (χ2v) is 9.39. The van der Waals surface area contributed by atoms with Gasteiger partial charge in [-0.3, -0.25) is 4.79 Å². The molecule has 8 nitrogen and oxygen atoms in total. The third-order valence-electron chi connectivity index (χ3n) is 4.26. The largest absolute Gasteiger partial charge is 0.455 e. The van der Waals surface area contributed by atoms with Crippen molar-refractivity contribution in [3.63, 3.8) is 0 Å². The van der Waals surface area contributed by atoms with E-state index in [9.17, 15) is 26.8 Å². The highest BCUT2D eigenvalue weighted by atomic mass is 32.2. The number of halogens is 2. The predicted molar refractivity (Wildman–Crippen MR) is 112 cm³/mol. The molecule has 168 valence electrons. The average molecular weight is 482 g/mol. The van der Waals surface area contributed by atoms with E-state index < -0.39 is 32.4 Å². The van der Waals surface area contributed by atoms with Crippen LogP contribution in [0.15, 0.2) is 53.4 Å². The van der Waals surface area contributed by atoms with Gasteiger partial charge in [0.15, 0.2) is 5.01 Å². The molecule has 0 atom stereocenters. The van der Waals surface area contributed by atoms with Gasteiger partial charge >= 0.3 is 11.7 Å². The number of aryl methyl sites for hydroxylation is 1. The van der Waals surface area contributed by atoms with Gasteiger partial charge in [0.2, 0.25) is 14.8 Å². The normalized spacial score (nSPS) is 11.4. The summed E-state index contributed by atoms with van der Waals surface area (Å²) in [5.41, 5.74) is 1.71. The van der Waals surface area contributed by atoms with Gasteiger partial charge in [-0.1, -0.05) is 30.4 Å². The second kappa shape index (κ2) is 9.92. The van der Waals surface area contributed by atoms with E-state index >= 15 is 0 Å². The lowest BCUT2D eigenvalue weighted by molar-refractivity contribution is 0.0471. The van der Waals surface area contributed by atoms with Crippen molar-refractivity contribution in [3.05, 3.63) is 69.7 Å². The molecule has 0 spiro atoms. The first-order valence-corrected chi connectivity index (χ1v) is 11.6. The van der Waals surface area contributed by atoms with Crippen LogP contribution in [-0.4, -0.2) is 36.2 Å². The number of ether oxygens (including phenoxy) is 1. The molecule has 1 heterocycles. The molecule has 0 bridgehead atoms. The Bertz CT molecular complexity index is 1210. The first-order chi connectivity index (χ1) is 15.2. The number of carbonyl (C=O) groups is 2. The van der Waals surface area contributed by atoms with Gasteiger partial charge in [0.1, 0.15) is 6.61 Å². The van der Waals surface area contributed by atoms with E-state index in [1.54, 1.807) is 12.1 Å². The van der Waals surface area contributed by atoms with Gasteiger partial charge in [0.25, 0.3) is 5.91 Å². The number of hydrogen-bond donors (Lipinski definition) is 1. The summed E-state index contributed by atoms with van der Waals surface area (Å²) < 4.78 is 53.0. The summed E-state index contributed by atoms with van der Waals surface area (Å²) in [4.78, 5) is 23.8. The molecule has 0 fully saturated rings. The summed E-state index contributed by atoms with van der Waals surface area (Å²) in [6, 6.07) is 11.3. The van der Waals surface area contributed by atoms with Gasteiger partial charge in [-0.25, -0.2) is 13.2 Å². The van der Waals surface area contributed by atoms with Crippen LogP contribution in [-0.2, 0) is 27.6 Å². The third kappa shape index (κ3) is 5.51. The molecular weight excluding hydrogens is 464 g/mol. The number of anilines is 1. The number of nitrogens with zero attached hydrogens (tertiary/aromatic N) is 2. The zero-order valence-corrected chi connectivity index (χ0v) is 18.3. The summed E-state index contributed by atoms with van der Waals surface area (Å²) in [5.74, 6) is -4.83. The molecule has 0 radical (unpaired) electrons. The summed E-state index contributed by atoms with van der Waals surface area (Å²) in [6.45, 7) is 1.75. The molecule has 1 N–H and O–H groups in total. The van der Waals surface area contributed by atoms with E-state index in [0.717, 1.165) is 47.6 Å². The fraction of sp³-hybridized carbons (Fsp3) is 0.200. The molecular formula is C20H17F2N3O5S2. The molecule has 0 aliphatic carbocycles. The van der Waals surface area contributed by atoms with E-state index in [2.05, 4.69) is 15.5 Å². The number of aromatic nitrogens is 2. The molecule has 12 heteroatoms. The maximum atomic E-state index is 12.6. The molecule has 1 amide bonds. The van der Waals surface area contributed by atoms with Crippen molar-refractivity contribution >= 4 is 38.7 Å². The Morgan fingerprint density at radius 3 is 2.31 bits per heavy atom. The van der Waals surface area contributed by atoms with Gasteiger partial charge < -0.3 is 10.1 Å². The second-order valence-electron chi connectivity index (χ2n) is 6.41. The molecule has 0 aliphatic heterocycles. The zero-order chi connectivity index (χ0) is 23.3. The predicted octanol–water partition coefficient (Wildman–Crippen LogP) is 3.71. The SMILES string of the molecule is CCc1ccc(NC(=O)c2nnc(COC(=O)c3ccc(S(=O)(=O)C(F)F)cc3)s2)cc1. The molecule has 0 unspecified atom stereocenters. The first-order valence-electron chi connectivity index (χ1n) is 9.22. The number of sulfone groups is 1. The number of amides is 1. The fourth-order valence-electron chi connectivity index (χ4n) is 2.51. The van der Waals surface area contributed by atoms with Gasteiger partial charge in [-0.05, 0) is 48.4 Å². The van der Waals surface area contributed by atoms with Crippen LogP contribution in [0.2, 0.25) is 0 Å². The molecule has 32 heavy (non-hydrogen) atoms. The van der Waals surface area contributed by atoms with E-state index in [1.807, 2.05) is 19.1 Å². The fourth-order valence-corrected chi connectivity index (χ4v) is 3.88. The lowest BCUT2D eigenvalue weighted by Gasteiger charge is -2.05. The summed E-state index contributed by atoms with van der Waals surface area (Å²) >= 11 is 0.940. The number of hydrogen-bond acceptors (Lipinski definition) is 8. The van der Waals surface area contributed by atoms with Crippen LogP contribution in [0.3, 0.4) is 0 Å². The standard InChI is InChI=1S/C20H17F2N3O5S2/c1-2-12-3-7-14(8-4-12)23-17(26)18-25-24-16(31-18)11-30-19(27)13-5-9-15(10-6-13)32(28,29)20(21)22/h3-10,20H,2,11H2,1H3,(H,23,26). The Hall–Kier alpha value is -3.25. The van der Waals surface area contributed by atoms with E-state index in [-0.39, 0.29) is 22.2 Å². The highest BCUT2D eigenvalue weighted by Gasteiger charge is 2.26. The molecule has 1 aromatic heterocycles. The Kier molecular flexibility index (Phi) is 7.26. The molecule has 2 aromatic carbocycles. The lowest BCUT2D eigenvalue weighted by atomic mass is 10.1. The van der Waals surface area contributed by atoms with Crippen LogP contribution < -0.4 is 5.32 Å². The topological polar surface area (TPSA) is 115 Å². The Balaban J connectivity index is 1.57. The number of alkyl halides is 2. The highest BCUT2D eigenvalue weighted by Crippen LogP contribution is 2.20. The number of esters is 1. The molecule has 0 aliphatic rings. The molecule has 0 saturated carbocycles. The third-order valence-corrected chi connectivity index (χ3v) is 6.55. The van der Waals surface area contributed by atoms with E-state index in [1.165, 1.54) is 0 Å². The maximum Gasteiger partial charge on any atom is 0.341 e. The molecule has 3 aromatic rings. The minimum atomic E-state index is -4.75. The Labute approximate surface area is 186 Å². The van der Waals surface area contributed by atoms with Crippen molar-refractivity contribution in [1.29, 1.82) is 0 Å². The smallest absolute Gasteiger partial charge is 0.341 e. The van der Waals surface area contributed by atoms with Gasteiger partial charge in [0.05, 0.1) is 10.5 Å². The first kappa shape index (κ1) is 23.4. The van der Waals surface area contributed by atoms with Crippen molar-refractivity contribution < 1.29 is 31.5 Å². The minimum Gasteiger partial charge on any atom is -0.455 e.